The van der Waals surface area contributed by atoms with Crippen LogP contribution >= 0.6 is 0 Å². The van der Waals surface area contributed by atoms with Crippen LogP contribution in [-0.2, 0) is 4.79 Å². The minimum absolute atomic E-state index is 0.0810. The Morgan fingerprint density at radius 3 is 3.00 bits per heavy atom. The van der Waals surface area contributed by atoms with Crippen molar-refractivity contribution in [2.45, 2.75) is 32.4 Å². The van der Waals surface area contributed by atoms with E-state index in [0.29, 0.717) is 11.5 Å². The Bertz CT molecular complexity index is 568. The number of carbonyl (C=O) groups is 1. The van der Waals surface area contributed by atoms with E-state index in [1.807, 2.05) is 25.1 Å². The molecule has 2 unspecified atom stereocenters. The number of hydrogen-bond donors (Lipinski definition) is 0. The lowest BCUT2D eigenvalue weighted by atomic mass is 10.0. The molecule has 2 atom stereocenters. The zero-order chi connectivity index (χ0) is 13.6. The first-order chi connectivity index (χ1) is 9.11. The second-order valence-electron chi connectivity index (χ2n) is 4.88. The molecule has 0 saturated heterocycles. The number of methoxy groups -OCH3 is 1. The minimum atomic E-state index is -0.560. The normalized spacial score (nSPS) is 25.1. The number of fused-ring (bicyclic) bond motifs is 3. The van der Waals surface area contributed by atoms with Gasteiger partial charge in [-0.15, -0.1) is 0 Å². The van der Waals surface area contributed by atoms with Crippen LogP contribution in [0.1, 0.15) is 31.9 Å². The maximum absolute atomic E-state index is 12.3. The molecule has 1 amide bonds. The average Bonchev–Trinajstić information content (AvgIpc) is 2.75. The summed E-state index contributed by atoms with van der Waals surface area (Å²) in [5.74, 6) is 1.20. The smallest absolute Gasteiger partial charge is 0.283 e. The summed E-state index contributed by atoms with van der Waals surface area (Å²) in [5, 5.41) is 5.88. The molecule has 0 aliphatic carbocycles. The minimum Gasteiger partial charge on any atom is -0.493 e. The fourth-order valence-corrected chi connectivity index (χ4v) is 2.60. The van der Waals surface area contributed by atoms with Gasteiger partial charge in [-0.3, -0.25) is 4.79 Å². The number of benzene rings is 1. The zero-order valence-corrected chi connectivity index (χ0v) is 11.2. The Labute approximate surface area is 111 Å². The van der Waals surface area contributed by atoms with E-state index in [4.69, 9.17) is 9.47 Å². The first kappa shape index (κ1) is 12.0. The number of para-hydroxylation sites is 1. The lowest BCUT2D eigenvalue weighted by Gasteiger charge is -2.19. The Morgan fingerprint density at radius 2 is 2.26 bits per heavy atom. The standard InChI is InChI=1S/C14H16N2O3/c1-8-7-11-10-5-4-6-12(18-3)13(10)19-9(2)14(17)16(11)15-8/h4-6,9,11H,7H2,1-3H3. The molecule has 2 aliphatic heterocycles. The second kappa shape index (κ2) is 4.26. The van der Waals surface area contributed by atoms with Gasteiger partial charge in [0, 0.05) is 17.7 Å². The Morgan fingerprint density at radius 1 is 1.47 bits per heavy atom. The van der Waals surface area contributed by atoms with Crippen molar-refractivity contribution in [1.82, 2.24) is 5.01 Å². The molecule has 0 aromatic heterocycles. The van der Waals surface area contributed by atoms with Crippen LogP contribution in [0.25, 0.3) is 0 Å². The Kier molecular flexibility index (Phi) is 2.69. The third kappa shape index (κ3) is 1.77. The van der Waals surface area contributed by atoms with Gasteiger partial charge in [-0.05, 0) is 19.9 Å². The van der Waals surface area contributed by atoms with Gasteiger partial charge in [0.2, 0.25) is 0 Å². The summed E-state index contributed by atoms with van der Waals surface area (Å²) >= 11 is 0. The van der Waals surface area contributed by atoms with Crippen LogP contribution in [0.3, 0.4) is 0 Å². The van der Waals surface area contributed by atoms with E-state index in [-0.39, 0.29) is 11.9 Å². The first-order valence-electron chi connectivity index (χ1n) is 6.32. The largest absolute Gasteiger partial charge is 0.493 e. The molecule has 1 aromatic carbocycles. The molecule has 0 bridgehead atoms. The van der Waals surface area contributed by atoms with Gasteiger partial charge in [0.25, 0.3) is 5.91 Å². The summed E-state index contributed by atoms with van der Waals surface area (Å²) in [6, 6.07) is 5.64. The van der Waals surface area contributed by atoms with Gasteiger partial charge >= 0.3 is 0 Å². The zero-order valence-electron chi connectivity index (χ0n) is 11.2. The van der Waals surface area contributed by atoms with E-state index in [0.717, 1.165) is 17.7 Å². The van der Waals surface area contributed by atoms with Crippen molar-refractivity contribution in [3.8, 4) is 11.5 Å². The van der Waals surface area contributed by atoms with Gasteiger partial charge in [0.15, 0.2) is 17.6 Å². The number of amides is 1. The predicted octanol–water partition coefficient (Wildman–Crippen LogP) is 2.13. The van der Waals surface area contributed by atoms with Crippen LogP contribution in [0.4, 0.5) is 0 Å². The quantitative estimate of drug-likeness (QED) is 0.777. The highest BCUT2D eigenvalue weighted by atomic mass is 16.5. The summed E-state index contributed by atoms with van der Waals surface area (Å²) in [6.07, 6.45) is 0.178. The summed E-state index contributed by atoms with van der Waals surface area (Å²) in [7, 11) is 1.60. The Hall–Kier alpha value is -2.04. The first-order valence-corrected chi connectivity index (χ1v) is 6.32. The molecule has 0 radical (unpaired) electrons. The molecular formula is C14H16N2O3. The summed E-state index contributed by atoms with van der Waals surface area (Å²) in [4.78, 5) is 12.3. The van der Waals surface area contributed by atoms with E-state index in [2.05, 4.69) is 5.10 Å². The third-order valence-corrected chi connectivity index (χ3v) is 3.52. The third-order valence-electron chi connectivity index (χ3n) is 3.52. The van der Waals surface area contributed by atoms with Crippen LogP contribution in [-0.4, -0.2) is 29.8 Å². The van der Waals surface area contributed by atoms with Gasteiger partial charge in [-0.2, -0.15) is 5.10 Å². The van der Waals surface area contributed by atoms with Gasteiger partial charge in [0.1, 0.15) is 0 Å². The second-order valence-corrected chi connectivity index (χ2v) is 4.88. The van der Waals surface area contributed by atoms with Crippen molar-refractivity contribution in [2.75, 3.05) is 7.11 Å². The Balaban J connectivity index is 2.15. The predicted molar refractivity (Wildman–Crippen MR) is 70.4 cm³/mol. The molecule has 0 fully saturated rings. The van der Waals surface area contributed by atoms with E-state index in [1.54, 1.807) is 19.0 Å². The van der Waals surface area contributed by atoms with Crippen molar-refractivity contribution < 1.29 is 14.3 Å². The number of hydrogen-bond acceptors (Lipinski definition) is 4. The summed E-state index contributed by atoms with van der Waals surface area (Å²) in [5.41, 5.74) is 1.92. The van der Waals surface area contributed by atoms with Crippen molar-refractivity contribution >= 4 is 11.6 Å². The molecule has 5 nitrogen and oxygen atoms in total. The molecule has 100 valence electrons. The molecule has 0 N–H and O–H groups in total. The summed E-state index contributed by atoms with van der Waals surface area (Å²) in [6.45, 7) is 3.68. The highest BCUT2D eigenvalue weighted by Gasteiger charge is 2.39. The van der Waals surface area contributed by atoms with E-state index < -0.39 is 6.10 Å². The molecule has 5 heteroatoms. The molecule has 0 spiro atoms. The van der Waals surface area contributed by atoms with Crippen LogP contribution in [0.15, 0.2) is 23.3 Å². The fourth-order valence-electron chi connectivity index (χ4n) is 2.60. The number of rotatable bonds is 1. The maximum atomic E-state index is 12.3. The average molecular weight is 260 g/mol. The summed E-state index contributed by atoms with van der Waals surface area (Å²) < 4.78 is 11.1. The van der Waals surface area contributed by atoms with Crippen LogP contribution in [0, 0.1) is 0 Å². The molecular weight excluding hydrogens is 244 g/mol. The van der Waals surface area contributed by atoms with Gasteiger partial charge in [0.05, 0.1) is 13.2 Å². The van der Waals surface area contributed by atoms with Crippen LogP contribution in [0.2, 0.25) is 0 Å². The van der Waals surface area contributed by atoms with Crippen LogP contribution < -0.4 is 9.47 Å². The van der Waals surface area contributed by atoms with E-state index in [9.17, 15) is 4.79 Å². The van der Waals surface area contributed by atoms with E-state index in [1.165, 1.54) is 0 Å². The van der Waals surface area contributed by atoms with Gasteiger partial charge < -0.3 is 9.47 Å². The lowest BCUT2D eigenvalue weighted by molar-refractivity contribution is -0.138. The number of ether oxygens (including phenoxy) is 2. The molecule has 2 heterocycles. The number of hydrazone groups is 1. The van der Waals surface area contributed by atoms with Crippen molar-refractivity contribution in [2.24, 2.45) is 5.10 Å². The molecule has 0 saturated carbocycles. The fraction of sp³-hybridized carbons (Fsp3) is 0.429. The SMILES string of the molecule is COc1cccc2c1OC(C)C(=O)N1N=C(C)CC21. The highest BCUT2D eigenvalue weighted by molar-refractivity contribution is 5.90. The lowest BCUT2D eigenvalue weighted by Crippen LogP contribution is -2.34. The van der Waals surface area contributed by atoms with Gasteiger partial charge in [-0.25, -0.2) is 5.01 Å². The molecule has 2 aliphatic rings. The molecule has 3 rings (SSSR count). The van der Waals surface area contributed by atoms with Crippen molar-refractivity contribution in [3.05, 3.63) is 23.8 Å². The van der Waals surface area contributed by atoms with Crippen LogP contribution in [0.5, 0.6) is 11.5 Å². The number of nitrogens with zero attached hydrogens (tertiary/aromatic N) is 2. The maximum Gasteiger partial charge on any atom is 0.283 e. The van der Waals surface area contributed by atoms with Gasteiger partial charge in [-0.1, -0.05) is 12.1 Å². The monoisotopic (exact) mass is 260 g/mol. The van der Waals surface area contributed by atoms with Crippen molar-refractivity contribution in [1.29, 1.82) is 0 Å². The topological polar surface area (TPSA) is 51.1 Å². The number of carbonyl (C=O) groups excluding carboxylic acids is 1. The van der Waals surface area contributed by atoms with Crippen molar-refractivity contribution in [3.63, 3.8) is 0 Å². The molecule has 19 heavy (non-hydrogen) atoms. The molecule has 1 aromatic rings. The highest BCUT2D eigenvalue weighted by Crippen LogP contribution is 2.43. The van der Waals surface area contributed by atoms with E-state index >= 15 is 0 Å².